The third kappa shape index (κ3) is 3.73. The standard InChI is InChI=1S/C17H12Cl3N3S/c1-21-17-23(22-9-11-2-4-12(18)5-3-11)16(10-24-17)14-7-6-13(19)8-15(14)20/h2-10H,1H3/b21-17?,22-9+. The summed E-state index contributed by atoms with van der Waals surface area (Å²) >= 11 is 19.7. The lowest BCUT2D eigenvalue weighted by Crippen LogP contribution is -2.11. The molecular weight excluding hydrogens is 385 g/mol. The van der Waals surface area contributed by atoms with Crippen molar-refractivity contribution in [2.75, 3.05) is 7.05 Å². The van der Waals surface area contributed by atoms with Crippen LogP contribution < -0.4 is 4.80 Å². The number of rotatable bonds is 3. The summed E-state index contributed by atoms with van der Waals surface area (Å²) in [7, 11) is 1.73. The highest BCUT2D eigenvalue weighted by atomic mass is 35.5. The predicted molar refractivity (Wildman–Crippen MR) is 104 cm³/mol. The molecule has 0 saturated carbocycles. The van der Waals surface area contributed by atoms with Crippen LogP contribution in [-0.2, 0) is 0 Å². The summed E-state index contributed by atoms with van der Waals surface area (Å²) in [5, 5.41) is 8.37. The Balaban J connectivity index is 2.07. The summed E-state index contributed by atoms with van der Waals surface area (Å²) in [4.78, 5) is 5.03. The summed E-state index contributed by atoms with van der Waals surface area (Å²) in [5.74, 6) is 0. The van der Waals surface area contributed by atoms with Crippen LogP contribution >= 0.6 is 46.1 Å². The Bertz CT molecular complexity index is 956. The van der Waals surface area contributed by atoms with Gasteiger partial charge >= 0.3 is 0 Å². The molecular formula is C17H12Cl3N3S. The molecule has 3 aromatic rings. The monoisotopic (exact) mass is 395 g/mol. The minimum Gasteiger partial charge on any atom is -0.261 e. The fraction of sp³-hybridized carbons (Fsp3) is 0.0588. The molecule has 3 nitrogen and oxygen atoms in total. The quantitative estimate of drug-likeness (QED) is 0.517. The Labute approximate surface area is 158 Å². The molecule has 2 aromatic carbocycles. The van der Waals surface area contributed by atoms with Crippen LogP contribution in [0.25, 0.3) is 11.3 Å². The molecule has 0 aliphatic carbocycles. The fourth-order valence-electron chi connectivity index (χ4n) is 2.12. The molecule has 0 amide bonds. The summed E-state index contributed by atoms with van der Waals surface area (Å²) in [6, 6.07) is 12.8. The van der Waals surface area contributed by atoms with Crippen LogP contribution in [0.4, 0.5) is 0 Å². The molecule has 122 valence electrons. The minimum atomic E-state index is 0.568. The highest BCUT2D eigenvalue weighted by molar-refractivity contribution is 7.07. The molecule has 0 aliphatic rings. The second-order valence-corrected chi connectivity index (χ2v) is 6.98. The highest BCUT2D eigenvalue weighted by Gasteiger charge is 2.11. The van der Waals surface area contributed by atoms with Crippen molar-refractivity contribution in [2.24, 2.45) is 10.1 Å². The van der Waals surface area contributed by atoms with E-state index in [2.05, 4.69) is 10.1 Å². The number of thiazole rings is 1. The van der Waals surface area contributed by atoms with E-state index in [-0.39, 0.29) is 0 Å². The zero-order valence-corrected chi connectivity index (χ0v) is 15.7. The van der Waals surface area contributed by atoms with E-state index < -0.39 is 0 Å². The van der Waals surface area contributed by atoms with Crippen molar-refractivity contribution in [1.29, 1.82) is 0 Å². The maximum Gasteiger partial charge on any atom is 0.205 e. The van der Waals surface area contributed by atoms with E-state index in [0.29, 0.717) is 15.1 Å². The maximum atomic E-state index is 6.33. The lowest BCUT2D eigenvalue weighted by atomic mass is 10.2. The van der Waals surface area contributed by atoms with Crippen molar-refractivity contribution >= 4 is 52.4 Å². The van der Waals surface area contributed by atoms with Crippen LogP contribution in [0.3, 0.4) is 0 Å². The zero-order valence-electron chi connectivity index (χ0n) is 12.6. The van der Waals surface area contributed by atoms with E-state index in [1.54, 1.807) is 30.1 Å². The van der Waals surface area contributed by atoms with Crippen molar-refractivity contribution in [2.45, 2.75) is 0 Å². The first-order chi connectivity index (χ1) is 11.6. The molecule has 0 fully saturated rings. The highest BCUT2D eigenvalue weighted by Crippen LogP contribution is 2.30. The molecule has 24 heavy (non-hydrogen) atoms. The number of hydrogen-bond donors (Lipinski definition) is 0. The lowest BCUT2D eigenvalue weighted by molar-refractivity contribution is 0.848. The van der Waals surface area contributed by atoms with Crippen molar-refractivity contribution in [3.63, 3.8) is 0 Å². The lowest BCUT2D eigenvalue weighted by Gasteiger charge is -2.06. The third-order valence-electron chi connectivity index (χ3n) is 3.28. The average molecular weight is 397 g/mol. The first kappa shape index (κ1) is 17.2. The first-order valence-electron chi connectivity index (χ1n) is 6.97. The van der Waals surface area contributed by atoms with Crippen LogP contribution in [0.2, 0.25) is 15.1 Å². The van der Waals surface area contributed by atoms with Crippen LogP contribution in [0.15, 0.2) is 57.9 Å². The van der Waals surface area contributed by atoms with Gasteiger partial charge in [0.1, 0.15) is 0 Å². The number of nitrogens with zero attached hydrogens (tertiary/aromatic N) is 3. The van der Waals surface area contributed by atoms with Gasteiger partial charge in [0.05, 0.1) is 16.9 Å². The summed E-state index contributed by atoms with van der Waals surface area (Å²) < 4.78 is 1.76. The minimum absolute atomic E-state index is 0.568. The Morgan fingerprint density at radius 1 is 1.00 bits per heavy atom. The van der Waals surface area contributed by atoms with E-state index >= 15 is 0 Å². The summed E-state index contributed by atoms with van der Waals surface area (Å²) in [6.45, 7) is 0. The van der Waals surface area contributed by atoms with Crippen LogP contribution in [-0.4, -0.2) is 17.9 Å². The predicted octanol–water partition coefficient (Wildman–Crippen LogP) is 5.59. The summed E-state index contributed by atoms with van der Waals surface area (Å²) in [6.07, 6.45) is 1.76. The molecule has 0 N–H and O–H groups in total. The molecule has 0 unspecified atom stereocenters. The van der Waals surface area contributed by atoms with E-state index in [1.165, 1.54) is 11.3 Å². The fourth-order valence-corrected chi connectivity index (χ4v) is 3.54. The van der Waals surface area contributed by atoms with Gasteiger partial charge in [-0.2, -0.15) is 5.10 Å². The van der Waals surface area contributed by atoms with E-state index in [0.717, 1.165) is 21.6 Å². The van der Waals surface area contributed by atoms with Gasteiger partial charge in [-0.05, 0) is 35.9 Å². The normalized spacial score (nSPS) is 12.2. The molecule has 0 radical (unpaired) electrons. The van der Waals surface area contributed by atoms with Gasteiger partial charge in [-0.25, -0.2) is 4.68 Å². The van der Waals surface area contributed by atoms with Gasteiger partial charge in [0.15, 0.2) is 0 Å². The average Bonchev–Trinajstić information content (AvgIpc) is 2.97. The number of hydrogen-bond acceptors (Lipinski definition) is 3. The Kier molecular flexibility index (Phi) is 5.41. The van der Waals surface area contributed by atoms with Crippen molar-refractivity contribution in [3.05, 3.63) is 73.3 Å². The van der Waals surface area contributed by atoms with Crippen LogP contribution in [0, 0.1) is 0 Å². The number of halogens is 3. The van der Waals surface area contributed by atoms with Gasteiger partial charge in [-0.3, -0.25) is 4.99 Å². The molecule has 0 atom stereocenters. The second kappa shape index (κ2) is 7.53. The molecule has 0 bridgehead atoms. The Hall–Kier alpha value is -1.59. The van der Waals surface area contributed by atoms with E-state index in [1.807, 2.05) is 35.7 Å². The molecule has 7 heteroatoms. The van der Waals surface area contributed by atoms with Crippen LogP contribution in [0.1, 0.15) is 5.56 Å². The first-order valence-corrected chi connectivity index (χ1v) is 8.98. The molecule has 1 aromatic heterocycles. The molecule has 0 saturated heterocycles. The van der Waals surface area contributed by atoms with Crippen molar-refractivity contribution in [3.8, 4) is 11.3 Å². The van der Waals surface area contributed by atoms with Crippen LogP contribution in [0.5, 0.6) is 0 Å². The van der Waals surface area contributed by atoms with Gasteiger partial charge < -0.3 is 0 Å². The van der Waals surface area contributed by atoms with E-state index in [4.69, 9.17) is 34.8 Å². The molecule has 0 aliphatic heterocycles. The van der Waals surface area contributed by atoms with Gasteiger partial charge in [-0.1, -0.05) is 46.9 Å². The second-order valence-electron chi connectivity index (χ2n) is 4.86. The summed E-state index contributed by atoms with van der Waals surface area (Å²) in [5.41, 5.74) is 2.64. The van der Waals surface area contributed by atoms with Crippen molar-refractivity contribution in [1.82, 2.24) is 4.68 Å². The van der Waals surface area contributed by atoms with Gasteiger partial charge in [0.25, 0.3) is 0 Å². The Morgan fingerprint density at radius 3 is 2.38 bits per heavy atom. The molecule has 3 rings (SSSR count). The smallest absolute Gasteiger partial charge is 0.205 e. The number of aromatic nitrogens is 1. The van der Waals surface area contributed by atoms with E-state index in [9.17, 15) is 0 Å². The largest absolute Gasteiger partial charge is 0.261 e. The topological polar surface area (TPSA) is 29.6 Å². The zero-order chi connectivity index (χ0) is 17.1. The molecule has 0 spiro atoms. The molecule has 1 heterocycles. The third-order valence-corrected chi connectivity index (χ3v) is 4.98. The SMILES string of the molecule is CN=c1scc(-c2ccc(Cl)cc2Cl)n1/N=C/c1ccc(Cl)cc1. The Morgan fingerprint density at radius 2 is 1.71 bits per heavy atom. The maximum absolute atomic E-state index is 6.33. The number of benzene rings is 2. The van der Waals surface area contributed by atoms with Gasteiger partial charge in [0.2, 0.25) is 4.80 Å². The van der Waals surface area contributed by atoms with Gasteiger partial charge in [-0.15, -0.1) is 11.3 Å². The van der Waals surface area contributed by atoms with Gasteiger partial charge in [0, 0.05) is 28.0 Å². The van der Waals surface area contributed by atoms with Crippen molar-refractivity contribution < 1.29 is 0 Å².